The number of hydrogen-bond donors (Lipinski definition) is 3. The standard InChI is InChI=1S/C21H27N5O3S/c1-3-7-14-10-15(12(2)23-11-13-8-5-4-6-9-13)19(29-14)26-17-16(30-21(26)28)18(27)25-20(22)24-17/h4-6,8-9,12,14-15,19,23H,3,7,10-11H2,1-2H3,(H3,22,24,25,27). The molecule has 3 aromatic rings. The molecule has 4 N–H and O–H groups in total. The highest BCUT2D eigenvalue weighted by molar-refractivity contribution is 7.16. The molecule has 8 nitrogen and oxygen atoms in total. The molecule has 30 heavy (non-hydrogen) atoms. The summed E-state index contributed by atoms with van der Waals surface area (Å²) < 4.78 is 8.14. The predicted octanol–water partition coefficient (Wildman–Crippen LogP) is 2.61. The van der Waals surface area contributed by atoms with Crippen LogP contribution in [-0.4, -0.2) is 26.7 Å². The van der Waals surface area contributed by atoms with E-state index in [4.69, 9.17) is 10.5 Å². The molecule has 0 spiro atoms. The highest BCUT2D eigenvalue weighted by Crippen LogP contribution is 2.39. The smallest absolute Gasteiger partial charge is 0.311 e. The zero-order valence-electron chi connectivity index (χ0n) is 17.1. The molecule has 0 aliphatic carbocycles. The first-order chi connectivity index (χ1) is 14.5. The highest BCUT2D eigenvalue weighted by atomic mass is 32.1. The number of nitrogens with two attached hydrogens (primary N) is 1. The van der Waals surface area contributed by atoms with Crippen molar-refractivity contribution in [1.82, 2.24) is 19.9 Å². The van der Waals surface area contributed by atoms with E-state index < -0.39 is 11.8 Å². The Hall–Kier alpha value is -2.49. The summed E-state index contributed by atoms with van der Waals surface area (Å²) in [7, 11) is 0. The minimum Gasteiger partial charge on any atom is -0.369 e. The monoisotopic (exact) mass is 429 g/mol. The summed E-state index contributed by atoms with van der Waals surface area (Å²) in [6, 6.07) is 10.3. The van der Waals surface area contributed by atoms with E-state index in [0.717, 1.165) is 37.1 Å². The second kappa shape index (κ2) is 8.71. The van der Waals surface area contributed by atoms with Crippen LogP contribution in [0.2, 0.25) is 0 Å². The third-order valence-corrected chi connectivity index (χ3v) is 6.65. The maximum atomic E-state index is 12.8. The van der Waals surface area contributed by atoms with Crippen molar-refractivity contribution < 1.29 is 4.74 Å². The van der Waals surface area contributed by atoms with Gasteiger partial charge in [-0.15, -0.1) is 0 Å². The number of nitrogens with zero attached hydrogens (tertiary/aromatic N) is 2. The largest absolute Gasteiger partial charge is 0.369 e. The average molecular weight is 430 g/mol. The highest BCUT2D eigenvalue weighted by Gasteiger charge is 2.41. The minimum atomic E-state index is -0.491. The summed E-state index contributed by atoms with van der Waals surface area (Å²) >= 11 is 0.885. The van der Waals surface area contributed by atoms with Crippen LogP contribution in [0.5, 0.6) is 0 Å². The second-order valence-corrected chi connectivity index (χ2v) is 8.80. The van der Waals surface area contributed by atoms with Gasteiger partial charge < -0.3 is 15.8 Å². The molecule has 0 radical (unpaired) electrons. The van der Waals surface area contributed by atoms with Gasteiger partial charge in [0.15, 0.2) is 5.65 Å². The molecule has 3 heterocycles. The molecule has 1 aliphatic rings. The average Bonchev–Trinajstić information content (AvgIpc) is 3.27. The number of ether oxygens (including phenoxy) is 1. The van der Waals surface area contributed by atoms with Gasteiger partial charge in [-0.3, -0.25) is 19.1 Å². The Balaban J connectivity index is 1.66. The molecule has 9 heteroatoms. The first-order valence-corrected chi connectivity index (χ1v) is 11.1. The van der Waals surface area contributed by atoms with Crippen molar-refractivity contribution in [3.63, 3.8) is 0 Å². The second-order valence-electron chi connectivity index (χ2n) is 7.83. The first kappa shape index (κ1) is 20.8. The van der Waals surface area contributed by atoms with Gasteiger partial charge in [-0.05, 0) is 25.3 Å². The zero-order valence-corrected chi connectivity index (χ0v) is 17.9. The van der Waals surface area contributed by atoms with Crippen molar-refractivity contribution in [3.05, 3.63) is 55.9 Å². The fraction of sp³-hybridized carbons (Fsp3) is 0.476. The molecule has 1 aromatic carbocycles. The van der Waals surface area contributed by atoms with Crippen LogP contribution < -0.4 is 21.5 Å². The van der Waals surface area contributed by atoms with E-state index in [1.807, 2.05) is 18.2 Å². The summed E-state index contributed by atoms with van der Waals surface area (Å²) in [5.74, 6) is 0.0528. The van der Waals surface area contributed by atoms with E-state index >= 15 is 0 Å². The SMILES string of the molecule is CCCC1CC(C(C)NCc2ccccc2)C(n2c(=O)sc3c(=O)[nH]c(N)nc32)O1. The molecular weight excluding hydrogens is 402 g/mol. The Morgan fingerprint density at radius 2 is 2.13 bits per heavy atom. The normalized spacial score (nSPS) is 22.5. The van der Waals surface area contributed by atoms with Crippen molar-refractivity contribution in [3.8, 4) is 0 Å². The number of aromatic amines is 1. The van der Waals surface area contributed by atoms with Gasteiger partial charge in [-0.2, -0.15) is 4.98 Å². The van der Waals surface area contributed by atoms with Crippen LogP contribution >= 0.6 is 11.3 Å². The van der Waals surface area contributed by atoms with Crippen LogP contribution in [0.15, 0.2) is 39.9 Å². The van der Waals surface area contributed by atoms with Crippen LogP contribution in [-0.2, 0) is 11.3 Å². The Labute approximate surface area is 178 Å². The molecule has 4 rings (SSSR count). The fourth-order valence-electron chi connectivity index (χ4n) is 4.18. The number of hydrogen-bond acceptors (Lipinski definition) is 7. The van der Waals surface area contributed by atoms with E-state index in [-0.39, 0.29) is 33.6 Å². The van der Waals surface area contributed by atoms with E-state index in [2.05, 4.69) is 41.3 Å². The predicted molar refractivity (Wildman–Crippen MR) is 119 cm³/mol. The zero-order chi connectivity index (χ0) is 21.3. The topological polar surface area (TPSA) is 115 Å². The number of fused-ring (bicyclic) bond motifs is 1. The lowest BCUT2D eigenvalue weighted by atomic mass is 9.94. The molecule has 4 unspecified atom stereocenters. The van der Waals surface area contributed by atoms with E-state index in [0.29, 0.717) is 5.65 Å². The molecule has 1 saturated heterocycles. The maximum absolute atomic E-state index is 12.8. The third kappa shape index (κ3) is 4.05. The van der Waals surface area contributed by atoms with Gasteiger partial charge in [0.25, 0.3) is 5.56 Å². The number of nitrogens with one attached hydrogen (secondary N) is 2. The van der Waals surface area contributed by atoms with Crippen LogP contribution in [0.3, 0.4) is 0 Å². The molecule has 0 bridgehead atoms. The maximum Gasteiger partial charge on any atom is 0.311 e. The molecule has 0 saturated carbocycles. The lowest BCUT2D eigenvalue weighted by Crippen LogP contribution is -2.38. The number of rotatable bonds is 7. The molecule has 2 aromatic heterocycles. The van der Waals surface area contributed by atoms with Crippen LogP contribution in [0.4, 0.5) is 5.95 Å². The van der Waals surface area contributed by atoms with Gasteiger partial charge in [0.05, 0.1) is 6.10 Å². The Bertz CT molecular complexity index is 1120. The Morgan fingerprint density at radius 3 is 2.87 bits per heavy atom. The quantitative estimate of drug-likeness (QED) is 0.532. The van der Waals surface area contributed by atoms with E-state index in [1.165, 1.54) is 10.1 Å². The first-order valence-electron chi connectivity index (χ1n) is 10.3. The van der Waals surface area contributed by atoms with Gasteiger partial charge >= 0.3 is 4.87 Å². The van der Waals surface area contributed by atoms with Crippen LogP contribution in [0.25, 0.3) is 10.3 Å². The number of anilines is 1. The van der Waals surface area contributed by atoms with Crippen LogP contribution in [0, 0.1) is 5.92 Å². The number of nitrogen functional groups attached to an aromatic ring is 1. The van der Waals surface area contributed by atoms with Crippen molar-refractivity contribution in [2.24, 2.45) is 5.92 Å². The lowest BCUT2D eigenvalue weighted by Gasteiger charge is -2.26. The molecule has 0 amide bonds. The van der Waals surface area contributed by atoms with Crippen molar-refractivity contribution >= 4 is 27.6 Å². The van der Waals surface area contributed by atoms with Crippen molar-refractivity contribution in [2.45, 2.75) is 58.0 Å². The van der Waals surface area contributed by atoms with E-state index in [1.54, 1.807) is 0 Å². The summed E-state index contributed by atoms with van der Waals surface area (Å²) in [4.78, 5) is 31.6. The molecular formula is C21H27N5O3S. The van der Waals surface area contributed by atoms with Crippen molar-refractivity contribution in [2.75, 3.05) is 5.73 Å². The Morgan fingerprint density at radius 1 is 1.37 bits per heavy atom. The lowest BCUT2D eigenvalue weighted by molar-refractivity contribution is -0.0186. The van der Waals surface area contributed by atoms with Gasteiger partial charge in [0.2, 0.25) is 5.95 Å². The van der Waals surface area contributed by atoms with Gasteiger partial charge in [0, 0.05) is 18.5 Å². The Kier molecular flexibility index (Phi) is 6.03. The van der Waals surface area contributed by atoms with Gasteiger partial charge in [-0.25, -0.2) is 0 Å². The van der Waals surface area contributed by atoms with Crippen molar-refractivity contribution in [1.29, 1.82) is 0 Å². The molecule has 160 valence electrons. The van der Waals surface area contributed by atoms with Crippen LogP contribution in [0.1, 0.15) is 44.9 Å². The molecule has 1 fully saturated rings. The molecule has 1 aliphatic heterocycles. The third-order valence-electron chi connectivity index (χ3n) is 5.70. The molecule has 4 atom stereocenters. The van der Waals surface area contributed by atoms with Gasteiger partial charge in [-0.1, -0.05) is 55.0 Å². The summed E-state index contributed by atoms with van der Waals surface area (Å²) in [5.41, 5.74) is 6.86. The summed E-state index contributed by atoms with van der Waals surface area (Å²) in [6.07, 6.45) is 2.33. The minimum absolute atomic E-state index is 0.00560. The summed E-state index contributed by atoms with van der Waals surface area (Å²) in [5, 5.41) is 3.58. The van der Waals surface area contributed by atoms with E-state index in [9.17, 15) is 9.59 Å². The number of aromatic nitrogens is 3. The number of thiazole rings is 1. The number of H-pyrrole nitrogens is 1. The fourth-order valence-corrected chi connectivity index (χ4v) is 5.02. The summed E-state index contributed by atoms with van der Waals surface area (Å²) in [6.45, 7) is 4.97. The number of benzene rings is 1. The van der Waals surface area contributed by atoms with Gasteiger partial charge in [0.1, 0.15) is 10.9 Å².